The molecule has 1 heterocycles. The van der Waals surface area contributed by atoms with E-state index in [0.29, 0.717) is 11.3 Å². The quantitative estimate of drug-likeness (QED) is 0.445. The summed E-state index contributed by atoms with van der Waals surface area (Å²) in [6.45, 7) is 1.93. The van der Waals surface area contributed by atoms with Gasteiger partial charge in [-0.15, -0.1) is 0 Å². The third-order valence-corrected chi connectivity index (χ3v) is 4.87. The molecule has 0 atom stereocenters. The molecule has 0 fully saturated rings. The second-order valence-corrected chi connectivity index (χ2v) is 6.50. The van der Waals surface area contributed by atoms with Crippen LogP contribution in [0.2, 0.25) is 0 Å². The highest BCUT2D eigenvalue weighted by Crippen LogP contribution is 2.43. The average Bonchev–Trinajstić information content (AvgIpc) is 3.13. The van der Waals surface area contributed by atoms with Gasteiger partial charge in [-0.05, 0) is 30.5 Å². The van der Waals surface area contributed by atoms with Gasteiger partial charge in [0.25, 0.3) is 0 Å². The van der Waals surface area contributed by atoms with Gasteiger partial charge in [0.15, 0.2) is 5.41 Å². The molecule has 7 nitrogen and oxygen atoms in total. The molecule has 0 spiro atoms. The third-order valence-electron chi connectivity index (χ3n) is 4.87. The summed E-state index contributed by atoms with van der Waals surface area (Å²) < 4.78 is 14.9. The first kappa shape index (κ1) is 19.5. The predicted octanol–water partition coefficient (Wildman–Crippen LogP) is 2.36. The number of fused-ring (bicyclic) bond motifs is 1. The van der Waals surface area contributed by atoms with Gasteiger partial charge in [0.2, 0.25) is 0 Å². The first-order valence-electron chi connectivity index (χ1n) is 8.89. The van der Waals surface area contributed by atoms with Crippen molar-refractivity contribution in [3.05, 3.63) is 53.2 Å². The van der Waals surface area contributed by atoms with Crippen LogP contribution in [0, 0.1) is 5.41 Å². The Morgan fingerprint density at radius 2 is 1.68 bits per heavy atom. The smallest absolute Gasteiger partial charge is 0.356 e. The van der Waals surface area contributed by atoms with E-state index in [4.69, 9.17) is 14.2 Å². The molecule has 28 heavy (non-hydrogen) atoms. The predicted molar refractivity (Wildman–Crippen MR) is 99.5 cm³/mol. The van der Waals surface area contributed by atoms with E-state index < -0.39 is 23.3 Å². The maximum atomic E-state index is 12.5. The van der Waals surface area contributed by atoms with Crippen LogP contribution in [0.15, 0.2) is 36.4 Å². The average molecular weight is 383 g/mol. The van der Waals surface area contributed by atoms with Crippen LogP contribution in [0.4, 0.5) is 0 Å². The van der Waals surface area contributed by atoms with Crippen LogP contribution in [0.25, 0.3) is 11.3 Å². The number of esters is 3. The number of nitrogens with zero attached hydrogens (tertiary/aromatic N) is 1. The third kappa shape index (κ3) is 3.24. The lowest BCUT2D eigenvalue weighted by molar-refractivity contribution is -0.168. The van der Waals surface area contributed by atoms with E-state index in [-0.39, 0.29) is 25.1 Å². The number of carbonyl (C=O) groups is 3. The van der Waals surface area contributed by atoms with Crippen LogP contribution in [-0.4, -0.2) is 43.7 Å². The van der Waals surface area contributed by atoms with Crippen LogP contribution in [-0.2, 0) is 36.6 Å². The van der Waals surface area contributed by atoms with Crippen molar-refractivity contribution in [3.8, 4) is 11.3 Å². The number of carbonyl (C=O) groups excluding carboxylic acids is 3. The second-order valence-electron chi connectivity index (χ2n) is 6.50. The van der Waals surface area contributed by atoms with Gasteiger partial charge in [-0.2, -0.15) is 0 Å². The van der Waals surface area contributed by atoms with Crippen molar-refractivity contribution in [2.24, 2.45) is 5.41 Å². The van der Waals surface area contributed by atoms with Crippen LogP contribution in [0.1, 0.15) is 28.5 Å². The van der Waals surface area contributed by atoms with Gasteiger partial charge >= 0.3 is 17.9 Å². The molecule has 0 bridgehead atoms. The number of ether oxygens (including phenoxy) is 3. The van der Waals surface area contributed by atoms with Gasteiger partial charge in [-0.1, -0.05) is 30.3 Å². The van der Waals surface area contributed by atoms with Crippen LogP contribution >= 0.6 is 0 Å². The minimum absolute atomic E-state index is 0.0659. The number of pyridine rings is 1. The Kier molecular flexibility index (Phi) is 5.44. The number of methoxy groups -OCH3 is 2. The topological polar surface area (TPSA) is 91.8 Å². The number of rotatable bonds is 5. The van der Waals surface area contributed by atoms with E-state index in [1.54, 1.807) is 13.0 Å². The minimum Gasteiger partial charge on any atom is -0.468 e. The molecule has 0 saturated carbocycles. The fraction of sp³-hybridized carbons (Fsp3) is 0.333. The van der Waals surface area contributed by atoms with Crippen LogP contribution in [0.5, 0.6) is 0 Å². The Hall–Kier alpha value is -3.22. The molecular weight excluding hydrogens is 362 g/mol. The van der Waals surface area contributed by atoms with Crippen molar-refractivity contribution < 1.29 is 28.6 Å². The first-order valence-corrected chi connectivity index (χ1v) is 8.89. The highest BCUT2D eigenvalue weighted by atomic mass is 16.5. The van der Waals surface area contributed by atoms with Gasteiger partial charge in [-0.25, -0.2) is 9.78 Å². The monoisotopic (exact) mass is 383 g/mol. The molecule has 2 aromatic rings. The van der Waals surface area contributed by atoms with E-state index in [9.17, 15) is 14.4 Å². The van der Waals surface area contributed by atoms with Gasteiger partial charge in [0.1, 0.15) is 5.69 Å². The van der Waals surface area contributed by atoms with E-state index in [2.05, 4.69) is 4.98 Å². The zero-order valence-corrected chi connectivity index (χ0v) is 16.0. The van der Waals surface area contributed by atoms with Crippen molar-refractivity contribution in [1.82, 2.24) is 4.98 Å². The van der Waals surface area contributed by atoms with Gasteiger partial charge < -0.3 is 14.2 Å². The lowest BCUT2D eigenvalue weighted by Crippen LogP contribution is -2.42. The summed E-state index contributed by atoms with van der Waals surface area (Å²) >= 11 is 0. The van der Waals surface area contributed by atoms with Crippen molar-refractivity contribution in [3.63, 3.8) is 0 Å². The molecule has 0 radical (unpaired) electrons. The molecule has 1 aromatic heterocycles. The van der Waals surface area contributed by atoms with E-state index in [1.807, 2.05) is 30.3 Å². The maximum absolute atomic E-state index is 12.5. The van der Waals surface area contributed by atoms with E-state index in [0.717, 1.165) is 11.1 Å². The molecule has 0 aliphatic heterocycles. The molecule has 1 aliphatic rings. The zero-order valence-electron chi connectivity index (χ0n) is 16.0. The molecule has 1 aromatic carbocycles. The summed E-state index contributed by atoms with van der Waals surface area (Å²) in [5.74, 6) is -1.91. The molecule has 3 rings (SSSR count). The second kappa shape index (κ2) is 7.80. The summed E-state index contributed by atoms with van der Waals surface area (Å²) in [5.41, 5.74) is 1.34. The molecule has 0 N–H and O–H groups in total. The summed E-state index contributed by atoms with van der Waals surface area (Å²) in [6, 6.07) is 10.9. The minimum atomic E-state index is -1.50. The number of aromatic nitrogens is 1. The van der Waals surface area contributed by atoms with Crippen LogP contribution in [0.3, 0.4) is 0 Å². The summed E-state index contributed by atoms with van der Waals surface area (Å²) in [4.78, 5) is 41.9. The Morgan fingerprint density at radius 3 is 2.25 bits per heavy atom. The first-order chi connectivity index (χ1) is 13.5. The normalized spacial score (nSPS) is 14.1. The van der Waals surface area contributed by atoms with Gasteiger partial charge in [0.05, 0.1) is 26.5 Å². The maximum Gasteiger partial charge on any atom is 0.356 e. The molecule has 0 saturated heterocycles. The van der Waals surface area contributed by atoms with Crippen molar-refractivity contribution in [2.75, 3.05) is 20.8 Å². The molecule has 146 valence electrons. The Balaban J connectivity index is 2.18. The lowest BCUT2D eigenvalue weighted by Gasteiger charge is -2.22. The zero-order chi connectivity index (χ0) is 20.3. The standard InChI is InChI=1S/C21H21NO6/c1-4-28-18(23)16-10-14-11-21(19(24)26-2,20(25)27-3)12-15(14)17(22-16)13-8-6-5-7-9-13/h5-10H,4,11-12H2,1-3H3. The number of benzene rings is 1. The van der Waals surface area contributed by atoms with E-state index in [1.165, 1.54) is 14.2 Å². The Bertz CT molecular complexity index is 906. The van der Waals surface area contributed by atoms with Crippen molar-refractivity contribution in [2.45, 2.75) is 19.8 Å². The van der Waals surface area contributed by atoms with E-state index >= 15 is 0 Å². The van der Waals surface area contributed by atoms with Crippen LogP contribution < -0.4 is 0 Å². The molecule has 1 aliphatic carbocycles. The van der Waals surface area contributed by atoms with Gasteiger partial charge in [-0.3, -0.25) is 9.59 Å². The Labute approximate surface area is 162 Å². The van der Waals surface area contributed by atoms with Crippen molar-refractivity contribution >= 4 is 17.9 Å². The largest absolute Gasteiger partial charge is 0.468 e. The molecular formula is C21H21NO6. The molecule has 7 heteroatoms. The van der Waals surface area contributed by atoms with Crippen molar-refractivity contribution in [1.29, 1.82) is 0 Å². The highest BCUT2D eigenvalue weighted by molar-refractivity contribution is 6.02. The SMILES string of the molecule is CCOC(=O)c1cc2c(c(-c3ccccc3)n1)CC(C(=O)OC)(C(=O)OC)C2. The number of hydrogen-bond donors (Lipinski definition) is 0. The Morgan fingerprint density at radius 1 is 1.04 bits per heavy atom. The molecule has 0 amide bonds. The summed E-state index contributed by atoms with van der Waals surface area (Å²) in [6.07, 6.45) is 0.151. The fourth-order valence-corrected chi connectivity index (χ4v) is 3.58. The fourth-order valence-electron chi connectivity index (χ4n) is 3.58. The summed E-state index contributed by atoms with van der Waals surface area (Å²) in [5, 5.41) is 0. The van der Waals surface area contributed by atoms with Gasteiger partial charge in [0, 0.05) is 12.0 Å². The lowest BCUT2D eigenvalue weighted by atomic mass is 9.84. The number of hydrogen-bond acceptors (Lipinski definition) is 7. The highest BCUT2D eigenvalue weighted by Gasteiger charge is 2.53. The summed E-state index contributed by atoms with van der Waals surface area (Å²) in [7, 11) is 2.47. The molecule has 0 unspecified atom stereocenters.